The molecule has 0 heteroatoms. The maximum Gasteiger partial charge on any atom is -0.0273 e. The van der Waals surface area contributed by atoms with Crippen LogP contribution < -0.4 is 0 Å². The van der Waals surface area contributed by atoms with Gasteiger partial charge >= 0.3 is 0 Å². The Balaban J connectivity index is 2.37. The highest BCUT2D eigenvalue weighted by molar-refractivity contribution is 5.30. The fraction of sp³-hybridized carbons (Fsp3) is 0.375. The highest BCUT2D eigenvalue weighted by atomic mass is 14.0. The monoisotopic (exact) mass is 214 g/mol. The van der Waals surface area contributed by atoms with Gasteiger partial charge in [-0.3, -0.25) is 0 Å². The molecule has 86 valence electrons. The van der Waals surface area contributed by atoms with Crippen molar-refractivity contribution in [3.63, 3.8) is 0 Å². The fourth-order valence-corrected chi connectivity index (χ4v) is 1.82. The molecule has 0 fully saturated rings. The van der Waals surface area contributed by atoms with Crippen LogP contribution in [0.5, 0.6) is 0 Å². The highest BCUT2D eigenvalue weighted by Crippen LogP contribution is 2.13. The number of allylic oxidation sites excluding steroid dienone is 4. The van der Waals surface area contributed by atoms with Crippen LogP contribution in [0.15, 0.2) is 42.5 Å². The van der Waals surface area contributed by atoms with E-state index in [0.29, 0.717) is 0 Å². The molecule has 0 heterocycles. The number of hydrogen-bond acceptors (Lipinski definition) is 0. The molecule has 0 aliphatic heterocycles. The Morgan fingerprint density at radius 2 is 1.94 bits per heavy atom. The summed E-state index contributed by atoms with van der Waals surface area (Å²) < 4.78 is 0. The average molecular weight is 214 g/mol. The van der Waals surface area contributed by atoms with E-state index in [-0.39, 0.29) is 0 Å². The Labute approximate surface area is 99.7 Å². The maximum absolute atomic E-state index is 2.27. The maximum atomic E-state index is 2.27. The fourth-order valence-electron chi connectivity index (χ4n) is 1.82. The summed E-state index contributed by atoms with van der Waals surface area (Å²) in [7, 11) is 0. The first-order valence-electron chi connectivity index (χ1n) is 6.08. The lowest BCUT2D eigenvalue weighted by molar-refractivity contribution is 0.837. The lowest BCUT2D eigenvalue weighted by atomic mass is 10.0. The Kier molecular flexibility index (Phi) is 5.63. The van der Waals surface area contributed by atoms with Crippen LogP contribution in [0.4, 0.5) is 0 Å². The average Bonchev–Trinajstić information content (AvgIpc) is 2.26. The van der Waals surface area contributed by atoms with Crippen molar-refractivity contribution in [3.8, 4) is 0 Å². The predicted molar refractivity (Wildman–Crippen MR) is 72.8 cm³/mol. The van der Waals surface area contributed by atoms with E-state index in [1.54, 1.807) is 0 Å². The Bertz CT molecular complexity index is 370. The molecule has 0 saturated carbocycles. The molecule has 0 aliphatic rings. The van der Waals surface area contributed by atoms with Crippen molar-refractivity contribution in [2.24, 2.45) is 0 Å². The van der Waals surface area contributed by atoms with Crippen molar-refractivity contribution in [1.29, 1.82) is 0 Å². The SMILES string of the molecule is C/C=C\C=C/CCCc1ccc(C)cc1C. The number of aryl methyl sites for hydroxylation is 3. The second-order valence-electron chi connectivity index (χ2n) is 4.28. The second-order valence-corrected chi connectivity index (χ2v) is 4.28. The van der Waals surface area contributed by atoms with Crippen LogP contribution in [0.25, 0.3) is 0 Å². The van der Waals surface area contributed by atoms with Crippen LogP contribution in [-0.2, 0) is 6.42 Å². The van der Waals surface area contributed by atoms with E-state index in [0.717, 1.165) is 6.42 Å². The highest BCUT2D eigenvalue weighted by Gasteiger charge is 1.97. The van der Waals surface area contributed by atoms with E-state index >= 15 is 0 Å². The molecule has 1 rings (SSSR count). The number of unbranched alkanes of at least 4 members (excludes halogenated alkanes) is 1. The molecule has 16 heavy (non-hydrogen) atoms. The third-order valence-electron chi connectivity index (χ3n) is 2.75. The number of hydrogen-bond donors (Lipinski definition) is 0. The Hall–Kier alpha value is -1.30. The molecule has 0 N–H and O–H groups in total. The molecule has 0 amide bonds. The first-order chi connectivity index (χ1) is 7.74. The molecule has 0 bridgehead atoms. The second kappa shape index (κ2) is 7.05. The van der Waals surface area contributed by atoms with Crippen molar-refractivity contribution in [3.05, 3.63) is 59.2 Å². The van der Waals surface area contributed by atoms with Crippen LogP contribution in [0, 0.1) is 13.8 Å². The Morgan fingerprint density at radius 3 is 2.62 bits per heavy atom. The summed E-state index contributed by atoms with van der Waals surface area (Å²) in [5.41, 5.74) is 4.27. The zero-order valence-corrected chi connectivity index (χ0v) is 10.7. The normalized spacial score (nSPS) is 11.7. The summed E-state index contributed by atoms with van der Waals surface area (Å²) in [6, 6.07) is 6.74. The first-order valence-corrected chi connectivity index (χ1v) is 6.08. The largest absolute Gasteiger partial charge is 0.0877 e. The van der Waals surface area contributed by atoms with Gasteiger partial charge in [0.1, 0.15) is 0 Å². The molecule has 1 aromatic carbocycles. The smallest absolute Gasteiger partial charge is 0.0273 e. The van der Waals surface area contributed by atoms with Crippen LogP contribution in [0.2, 0.25) is 0 Å². The van der Waals surface area contributed by atoms with Crippen molar-refractivity contribution >= 4 is 0 Å². The molecule has 0 unspecified atom stereocenters. The van der Waals surface area contributed by atoms with Crippen LogP contribution in [0.3, 0.4) is 0 Å². The number of benzene rings is 1. The summed E-state index contributed by atoms with van der Waals surface area (Å²) in [5, 5.41) is 0. The van der Waals surface area contributed by atoms with Gasteiger partial charge in [-0.25, -0.2) is 0 Å². The van der Waals surface area contributed by atoms with Crippen molar-refractivity contribution in [2.45, 2.75) is 40.0 Å². The van der Waals surface area contributed by atoms with Crippen LogP contribution in [-0.4, -0.2) is 0 Å². The van der Waals surface area contributed by atoms with E-state index in [1.165, 1.54) is 29.5 Å². The Morgan fingerprint density at radius 1 is 1.12 bits per heavy atom. The van der Waals surface area contributed by atoms with E-state index in [1.807, 2.05) is 6.92 Å². The van der Waals surface area contributed by atoms with Crippen LogP contribution in [0.1, 0.15) is 36.5 Å². The molecule has 0 atom stereocenters. The summed E-state index contributed by atoms with van der Waals surface area (Å²) in [6.45, 7) is 6.40. The minimum atomic E-state index is 1.16. The van der Waals surface area contributed by atoms with E-state index in [2.05, 4.69) is 56.4 Å². The zero-order valence-electron chi connectivity index (χ0n) is 10.7. The topological polar surface area (TPSA) is 0 Å². The van der Waals surface area contributed by atoms with E-state index in [4.69, 9.17) is 0 Å². The molecule has 0 aromatic heterocycles. The number of rotatable bonds is 5. The summed E-state index contributed by atoms with van der Waals surface area (Å²) in [5.74, 6) is 0. The van der Waals surface area contributed by atoms with Gasteiger partial charge in [-0.15, -0.1) is 0 Å². The molecule has 0 spiro atoms. The van der Waals surface area contributed by atoms with Gasteiger partial charge in [-0.05, 0) is 51.2 Å². The summed E-state index contributed by atoms with van der Waals surface area (Å²) in [6.07, 6.45) is 12.1. The lowest BCUT2D eigenvalue weighted by Crippen LogP contribution is -1.90. The zero-order chi connectivity index (χ0) is 11.8. The lowest BCUT2D eigenvalue weighted by Gasteiger charge is -2.05. The van der Waals surface area contributed by atoms with E-state index < -0.39 is 0 Å². The minimum Gasteiger partial charge on any atom is -0.0877 e. The van der Waals surface area contributed by atoms with Gasteiger partial charge in [-0.1, -0.05) is 48.1 Å². The summed E-state index contributed by atoms with van der Waals surface area (Å²) >= 11 is 0. The van der Waals surface area contributed by atoms with Gasteiger partial charge < -0.3 is 0 Å². The molecule has 0 radical (unpaired) electrons. The molecular weight excluding hydrogens is 192 g/mol. The van der Waals surface area contributed by atoms with Gasteiger partial charge in [0.2, 0.25) is 0 Å². The quantitative estimate of drug-likeness (QED) is 0.490. The predicted octanol–water partition coefficient (Wildman–Crippen LogP) is 4.76. The molecular formula is C16H22. The molecule has 0 aliphatic carbocycles. The van der Waals surface area contributed by atoms with Crippen molar-refractivity contribution in [2.75, 3.05) is 0 Å². The van der Waals surface area contributed by atoms with Crippen molar-refractivity contribution in [1.82, 2.24) is 0 Å². The molecule has 0 saturated heterocycles. The third-order valence-corrected chi connectivity index (χ3v) is 2.75. The first kappa shape index (κ1) is 12.8. The van der Waals surface area contributed by atoms with Gasteiger partial charge in [0, 0.05) is 0 Å². The molecule has 0 nitrogen and oxygen atoms in total. The van der Waals surface area contributed by atoms with Gasteiger partial charge in [0.05, 0.1) is 0 Å². The van der Waals surface area contributed by atoms with Crippen LogP contribution >= 0.6 is 0 Å². The van der Waals surface area contributed by atoms with Crippen molar-refractivity contribution < 1.29 is 0 Å². The van der Waals surface area contributed by atoms with E-state index in [9.17, 15) is 0 Å². The minimum absolute atomic E-state index is 1.16. The summed E-state index contributed by atoms with van der Waals surface area (Å²) in [4.78, 5) is 0. The standard InChI is InChI=1S/C16H22/c1-4-5-6-7-8-9-10-16-12-11-14(2)13-15(16)3/h4-7,11-13H,8-10H2,1-3H3/b5-4-,7-6-. The molecule has 1 aromatic rings. The van der Waals surface area contributed by atoms with Gasteiger partial charge in [0.15, 0.2) is 0 Å². The van der Waals surface area contributed by atoms with Gasteiger partial charge in [0.25, 0.3) is 0 Å². The third kappa shape index (κ3) is 4.48. The van der Waals surface area contributed by atoms with Gasteiger partial charge in [-0.2, -0.15) is 0 Å².